The van der Waals surface area contributed by atoms with Crippen LogP contribution in [0.2, 0.25) is 0 Å². The lowest BCUT2D eigenvalue weighted by molar-refractivity contribution is -0.148. The lowest BCUT2D eigenvalue weighted by atomic mass is 9.75. The first-order chi connectivity index (χ1) is 14.1. The van der Waals surface area contributed by atoms with Crippen molar-refractivity contribution in [1.29, 1.82) is 0 Å². The fourth-order valence-electron chi connectivity index (χ4n) is 5.23. The molecule has 0 spiro atoms. The predicted octanol–water partition coefficient (Wildman–Crippen LogP) is 2.25. The summed E-state index contributed by atoms with van der Waals surface area (Å²) in [5.74, 6) is 0.270. The molecular formula is C22H32N4O3. The first kappa shape index (κ1) is 20.2. The van der Waals surface area contributed by atoms with Gasteiger partial charge >= 0.3 is 6.03 Å². The zero-order valence-corrected chi connectivity index (χ0v) is 17.3. The molecule has 1 aromatic rings. The lowest BCUT2D eigenvalue weighted by Crippen LogP contribution is -2.53. The first-order valence-corrected chi connectivity index (χ1v) is 10.9. The summed E-state index contributed by atoms with van der Waals surface area (Å²) in [5, 5.41) is 3.00. The summed E-state index contributed by atoms with van der Waals surface area (Å²) < 4.78 is 5.45. The molecule has 3 aliphatic rings. The summed E-state index contributed by atoms with van der Waals surface area (Å²) >= 11 is 0. The highest BCUT2D eigenvalue weighted by molar-refractivity contribution is 5.89. The average molecular weight is 401 g/mol. The normalized spacial score (nSPS) is 28.0. The van der Waals surface area contributed by atoms with E-state index < -0.39 is 0 Å². The molecule has 3 amide bonds. The molecule has 29 heavy (non-hydrogen) atoms. The highest BCUT2D eigenvalue weighted by atomic mass is 16.5. The molecule has 0 saturated carbocycles. The summed E-state index contributed by atoms with van der Waals surface area (Å²) in [6, 6.07) is 9.68. The van der Waals surface area contributed by atoms with Crippen molar-refractivity contribution >= 4 is 17.6 Å². The molecule has 7 nitrogen and oxygen atoms in total. The van der Waals surface area contributed by atoms with E-state index in [1.54, 1.807) is 0 Å². The third kappa shape index (κ3) is 3.98. The standard InChI is InChI=1S/C22H32N4O3/c1-2-24-12-9-22(20(27)25-14-16-29-17-15-25)10-13-26(11-8-19(22)24)21(28)23-18-6-4-3-5-7-18/h3-7,19H,2,8-17H2,1H3,(H,23,28)/t19-,22-/m0/s1. The summed E-state index contributed by atoms with van der Waals surface area (Å²) in [7, 11) is 0. The molecule has 4 rings (SSSR count). The quantitative estimate of drug-likeness (QED) is 0.845. The van der Waals surface area contributed by atoms with Crippen LogP contribution in [0.15, 0.2) is 30.3 Å². The Balaban J connectivity index is 1.50. The maximum Gasteiger partial charge on any atom is 0.321 e. The molecule has 3 heterocycles. The van der Waals surface area contributed by atoms with Crippen molar-refractivity contribution in [2.45, 2.75) is 32.2 Å². The Morgan fingerprint density at radius 3 is 2.48 bits per heavy atom. The second-order valence-corrected chi connectivity index (χ2v) is 8.28. The number of likely N-dealkylation sites (tertiary alicyclic amines) is 2. The molecule has 2 atom stereocenters. The monoisotopic (exact) mass is 400 g/mol. The third-order valence-corrected chi connectivity index (χ3v) is 6.87. The van der Waals surface area contributed by atoms with E-state index in [0.717, 1.165) is 38.0 Å². The fourth-order valence-corrected chi connectivity index (χ4v) is 5.23. The van der Waals surface area contributed by atoms with Gasteiger partial charge in [-0.05, 0) is 44.5 Å². The van der Waals surface area contributed by atoms with Crippen LogP contribution in [0.5, 0.6) is 0 Å². The van der Waals surface area contributed by atoms with Gasteiger partial charge in [0.2, 0.25) is 5.91 Å². The van der Waals surface area contributed by atoms with Gasteiger partial charge in [-0.2, -0.15) is 0 Å². The van der Waals surface area contributed by atoms with Crippen molar-refractivity contribution in [3.8, 4) is 0 Å². The number of rotatable bonds is 3. The Hall–Kier alpha value is -2.12. The molecule has 1 N–H and O–H groups in total. The number of carbonyl (C=O) groups excluding carboxylic acids is 2. The number of urea groups is 1. The van der Waals surface area contributed by atoms with Crippen LogP contribution < -0.4 is 5.32 Å². The summed E-state index contributed by atoms with van der Waals surface area (Å²) in [6.07, 6.45) is 2.45. The Labute approximate surface area is 173 Å². The van der Waals surface area contributed by atoms with Crippen LogP contribution >= 0.6 is 0 Å². The topological polar surface area (TPSA) is 65.1 Å². The highest BCUT2D eigenvalue weighted by Gasteiger charge is 2.54. The van der Waals surface area contributed by atoms with Gasteiger partial charge in [-0.15, -0.1) is 0 Å². The van der Waals surface area contributed by atoms with Gasteiger partial charge in [-0.3, -0.25) is 9.69 Å². The van der Waals surface area contributed by atoms with E-state index in [1.165, 1.54) is 0 Å². The molecule has 0 radical (unpaired) electrons. The van der Waals surface area contributed by atoms with Gasteiger partial charge in [0.05, 0.1) is 18.6 Å². The van der Waals surface area contributed by atoms with E-state index in [2.05, 4.69) is 17.1 Å². The molecule has 1 aromatic carbocycles. The van der Waals surface area contributed by atoms with Crippen LogP contribution in [0, 0.1) is 5.41 Å². The number of nitrogens with zero attached hydrogens (tertiary/aromatic N) is 3. The number of para-hydroxylation sites is 1. The predicted molar refractivity (Wildman–Crippen MR) is 112 cm³/mol. The number of hydrogen-bond donors (Lipinski definition) is 1. The number of ether oxygens (including phenoxy) is 1. The minimum atomic E-state index is -0.380. The van der Waals surface area contributed by atoms with Crippen LogP contribution in [0.3, 0.4) is 0 Å². The van der Waals surface area contributed by atoms with Crippen molar-refractivity contribution in [1.82, 2.24) is 14.7 Å². The van der Waals surface area contributed by atoms with Crippen molar-refractivity contribution in [2.75, 3.05) is 57.8 Å². The Bertz CT molecular complexity index is 722. The molecular weight excluding hydrogens is 368 g/mol. The van der Waals surface area contributed by atoms with Gasteiger partial charge in [0.1, 0.15) is 0 Å². The summed E-state index contributed by atoms with van der Waals surface area (Å²) in [5.41, 5.74) is 0.422. The number of carbonyl (C=O) groups is 2. The van der Waals surface area contributed by atoms with Gasteiger partial charge in [-0.25, -0.2) is 4.79 Å². The molecule has 7 heteroatoms. The molecule has 0 bridgehead atoms. The number of nitrogens with one attached hydrogen (secondary N) is 1. The molecule has 0 aliphatic carbocycles. The summed E-state index contributed by atoms with van der Waals surface area (Å²) in [4.78, 5) is 32.8. The van der Waals surface area contributed by atoms with Crippen molar-refractivity contribution < 1.29 is 14.3 Å². The molecule has 0 unspecified atom stereocenters. The van der Waals surface area contributed by atoms with Gasteiger partial charge in [-0.1, -0.05) is 25.1 Å². The second kappa shape index (κ2) is 8.71. The maximum absolute atomic E-state index is 13.7. The van der Waals surface area contributed by atoms with Crippen LogP contribution in [0.25, 0.3) is 0 Å². The number of hydrogen-bond acceptors (Lipinski definition) is 4. The number of anilines is 1. The van der Waals surface area contributed by atoms with Gasteiger partial charge < -0.3 is 19.9 Å². The fraction of sp³-hybridized carbons (Fsp3) is 0.636. The third-order valence-electron chi connectivity index (χ3n) is 6.87. The lowest BCUT2D eigenvalue weighted by Gasteiger charge is -2.40. The number of morpholine rings is 1. The van der Waals surface area contributed by atoms with Gasteiger partial charge in [0.25, 0.3) is 0 Å². The van der Waals surface area contributed by atoms with E-state index in [0.29, 0.717) is 39.4 Å². The van der Waals surface area contributed by atoms with E-state index >= 15 is 0 Å². The molecule has 3 saturated heterocycles. The first-order valence-electron chi connectivity index (χ1n) is 10.9. The zero-order chi connectivity index (χ0) is 20.3. The number of benzene rings is 1. The van der Waals surface area contributed by atoms with Gasteiger partial charge in [0, 0.05) is 37.9 Å². The van der Waals surface area contributed by atoms with Crippen LogP contribution in [0.1, 0.15) is 26.2 Å². The number of amides is 3. The zero-order valence-electron chi connectivity index (χ0n) is 17.3. The average Bonchev–Trinajstić information content (AvgIpc) is 3.01. The highest BCUT2D eigenvalue weighted by Crippen LogP contribution is 2.45. The second-order valence-electron chi connectivity index (χ2n) is 8.28. The van der Waals surface area contributed by atoms with Crippen LogP contribution in [0.4, 0.5) is 10.5 Å². The Morgan fingerprint density at radius 1 is 1.03 bits per heavy atom. The minimum Gasteiger partial charge on any atom is -0.378 e. The largest absolute Gasteiger partial charge is 0.378 e. The summed E-state index contributed by atoms with van der Waals surface area (Å²) in [6.45, 7) is 7.97. The van der Waals surface area contributed by atoms with E-state index in [4.69, 9.17) is 4.74 Å². The smallest absolute Gasteiger partial charge is 0.321 e. The van der Waals surface area contributed by atoms with Crippen molar-refractivity contribution in [3.05, 3.63) is 30.3 Å². The molecule has 158 valence electrons. The van der Waals surface area contributed by atoms with Gasteiger partial charge in [0.15, 0.2) is 0 Å². The van der Waals surface area contributed by atoms with Crippen molar-refractivity contribution in [2.24, 2.45) is 5.41 Å². The Kier molecular flexibility index (Phi) is 6.06. The molecule has 0 aromatic heterocycles. The molecule has 3 aliphatic heterocycles. The SMILES string of the molecule is CCN1CC[C@]2(C(=O)N3CCOCC3)CCN(C(=O)Nc3ccccc3)CC[C@H]12. The minimum absolute atomic E-state index is 0.0757. The van der Waals surface area contributed by atoms with E-state index in [9.17, 15) is 9.59 Å². The van der Waals surface area contributed by atoms with Crippen LogP contribution in [-0.4, -0.2) is 85.2 Å². The maximum atomic E-state index is 13.7. The Morgan fingerprint density at radius 2 is 1.76 bits per heavy atom. The molecule has 3 fully saturated rings. The van der Waals surface area contributed by atoms with E-state index in [1.807, 2.05) is 40.1 Å². The van der Waals surface area contributed by atoms with E-state index in [-0.39, 0.29) is 23.4 Å². The number of fused-ring (bicyclic) bond motifs is 1. The van der Waals surface area contributed by atoms with Crippen molar-refractivity contribution in [3.63, 3.8) is 0 Å². The van der Waals surface area contributed by atoms with Crippen LogP contribution in [-0.2, 0) is 9.53 Å².